The molecule has 0 amide bonds. The number of aromatic nitrogens is 2. The highest BCUT2D eigenvalue weighted by molar-refractivity contribution is 5.46. The summed E-state index contributed by atoms with van der Waals surface area (Å²) in [6.45, 7) is 3.81. The van der Waals surface area contributed by atoms with E-state index >= 15 is 0 Å². The molecule has 3 nitrogen and oxygen atoms in total. The largest absolute Gasteiger partial charge is 0.281 e. The lowest BCUT2D eigenvalue weighted by Gasteiger charge is -1.95. The fourth-order valence-electron chi connectivity index (χ4n) is 2.58. The molecule has 1 aromatic heterocycles. The van der Waals surface area contributed by atoms with Crippen molar-refractivity contribution < 1.29 is 0 Å². The van der Waals surface area contributed by atoms with E-state index in [0.717, 1.165) is 12.0 Å². The summed E-state index contributed by atoms with van der Waals surface area (Å²) in [6.07, 6.45) is 3.03. The van der Waals surface area contributed by atoms with Gasteiger partial charge in [0.2, 0.25) is 0 Å². The van der Waals surface area contributed by atoms with Gasteiger partial charge in [0, 0.05) is 17.2 Å². The third-order valence-corrected chi connectivity index (χ3v) is 3.28. The van der Waals surface area contributed by atoms with Crippen molar-refractivity contribution in [2.24, 2.45) is 11.8 Å². The number of nitrogens with zero attached hydrogens (tertiary/aromatic N) is 2. The normalized spacial score (nSPS) is 33.3. The molecule has 1 saturated carbocycles. The molecule has 3 rings (SSSR count). The molecular formula is C10H9N3. The Kier molecular flexibility index (Phi) is 1.07. The maximum atomic E-state index is 8.76. The quantitative estimate of drug-likeness (QED) is 0.648. The maximum absolute atomic E-state index is 8.76. The molecule has 3 atom stereocenters. The minimum absolute atomic E-state index is 0.585. The number of nitrogens with one attached hydrogen (secondary N) is 1. The maximum Gasteiger partial charge on any atom is 0.165 e. The summed E-state index contributed by atoms with van der Waals surface area (Å²) in [6, 6.07) is 2.11. The van der Waals surface area contributed by atoms with Gasteiger partial charge in [-0.05, 0) is 18.3 Å². The second-order valence-corrected chi connectivity index (χ2v) is 3.78. The first kappa shape index (κ1) is 6.90. The number of H-pyrrole nitrogens is 1. The summed E-state index contributed by atoms with van der Waals surface area (Å²) in [7, 11) is 0. The number of hydrogen-bond acceptors (Lipinski definition) is 2. The number of allylic oxidation sites excluding steroid dienone is 1. The molecule has 0 saturated heterocycles. The molecule has 0 radical (unpaired) electrons. The van der Waals surface area contributed by atoms with Gasteiger partial charge in [0.1, 0.15) is 6.07 Å². The Bertz CT molecular complexity index is 424. The van der Waals surface area contributed by atoms with E-state index in [1.54, 1.807) is 0 Å². The number of rotatable bonds is 1. The van der Waals surface area contributed by atoms with Crippen LogP contribution in [0.15, 0.2) is 12.7 Å². The van der Waals surface area contributed by atoms with Crippen molar-refractivity contribution in [1.29, 1.82) is 5.26 Å². The summed E-state index contributed by atoms with van der Waals surface area (Å²) in [5, 5.41) is 15.7. The van der Waals surface area contributed by atoms with Crippen LogP contribution in [0.3, 0.4) is 0 Å². The Labute approximate surface area is 76.1 Å². The van der Waals surface area contributed by atoms with Gasteiger partial charge < -0.3 is 0 Å². The first-order chi connectivity index (χ1) is 6.36. The molecule has 1 aromatic rings. The van der Waals surface area contributed by atoms with Crippen LogP contribution in [0.2, 0.25) is 0 Å². The van der Waals surface area contributed by atoms with Gasteiger partial charge in [-0.25, -0.2) is 0 Å². The van der Waals surface area contributed by atoms with Gasteiger partial charge in [0.05, 0.1) is 0 Å². The van der Waals surface area contributed by atoms with Gasteiger partial charge in [-0.1, -0.05) is 6.08 Å². The Morgan fingerprint density at radius 1 is 1.69 bits per heavy atom. The first-order valence-corrected chi connectivity index (χ1v) is 4.46. The van der Waals surface area contributed by atoms with Crippen LogP contribution in [0.1, 0.15) is 22.9 Å². The van der Waals surface area contributed by atoms with Gasteiger partial charge in [-0.3, -0.25) is 5.10 Å². The summed E-state index contributed by atoms with van der Waals surface area (Å²) >= 11 is 0. The molecule has 13 heavy (non-hydrogen) atoms. The van der Waals surface area contributed by atoms with E-state index in [1.165, 1.54) is 5.69 Å². The van der Waals surface area contributed by atoms with Crippen LogP contribution in [0.5, 0.6) is 0 Å². The molecule has 0 unspecified atom stereocenters. The predicted molar refractivity (Wildman–Crippen MR) is 46.9 cm³/mol. The lowest BCUT2D eigenvalue weighted by Crippen LogP contribution is -1.90. The van der Waals surface area contributed by atoms with Gasteiger partial charge in [-0.15, -0.1) is 6.58 Å². The van der Waals surface area contributed by atoms with Crippen molar-refractivity contribution in [3.8, 4) is 6.07 Å². The van der Waals surface area contributed by atoms with E-state index < -0.39 is 0 Å². The van der Waals surface area contributed by atoms with E-state index in [2.05, 4.69) is 22.8 Å². The van der Waals surface area contributed by atoms with Crippen LogP contribution in [-0.2, 0) is 6.42 Å². The molecule has 1 heterocycles. The topological polar surface area (TPSA) is 52.5 Å². The summed E-state index contributed by atoms with van der Waals surface area (Å²) < 4.78 is 0. The highest BCUT2D eigenvalue weighted by Crippen LogP contribution is 2.61. The van der Waals surface area contributed by atoms with Crippen LogP contribution in [0.4, 0.5) is 0 Å². The smallest absolute Gasteiger partial charge is 0.165 e. The van der Waals surface area contributed by atoms with Crippen LogP contribution in [0.25, 0.3) is 0 Å². The second kappa shape index (κ2) is 2.02. The van der Waals surface area contributed by atoms with Crippen molar-refractivity contribution in [1.82, 2.24) is 10.2 Å². The van der Waals surface area contributed by atoms with Crippen LogP contribution >= 0.6 is 0 Å². The Balaban J connectivity index is 2.06. The van der Waals surface area contributed by atoms with Crippen molar-refractivity contribution in [2.45, 2.75) is 12.3 Å². The Hall–Kier alpha value is -1.56. The Morgan fingerprint density at radius 3 is 3.23 bits per heavy atom. The number of hydrogen-bond donors (Lipinski definition) is 1. The van der Waals surface area contributed by atoms with Crippen molar-refractivity contribution in [3.63, 3.8) is 0 Å². The average Bonchev–Trinajstić information content (AvgIpc) is 2.54. The Morgan fingerprint density at radius 2 is 2.54 bits per heavy atom. The van der Waals surface area contributed by atoms with E-state index in [0.29, 0.717) is 23.4 Å². The number of aromatic amines is 1. The number of fused-ring (bicyclic) bond motifs is 3. The van der Waals surface area contributed by atoms with Crippen LogP contribution in [0, 0.1) is 23.2 Å². The molecule has 0 spiro atoms. The first-order valence-electron chi connectivity index (χ1n) is 4.46. The molecule has 1 fully saturated rings. The monoisotopic (exact) mass is 171 g/mol. The third kappa shape index (κ3) is 0.665. The SMILES string of the molecule is C=C[C@H]1[C@@H]2Cc3c(C#N)n[nH]c3[C@H]12. The third-order valence-electron chi connectivity index (χ3n) is 3.28. The molecular weight excluding hydrogens is 162 g/mol. The van der Waals surface area contributed by atoms with Gasteiger partial charge in [-0.2, -0.15) is 10.4 Å². The number of nitriles is 1. The molecule has 0 aliphatic heterocycles. The summed E-state index contributed by atoms with van der Waals surface area (Å²) in [5.41, 5.74) is 2.92. The van der Waals surface area contributed by atoms with Gasteiger partial charge in [0.25, 0.3) is 0 Å². The van der Waals surface area contributed by atoms with E-state index in [1.807, 2.05) is 6.08 Å². The molecule has 3 heteroatoms. The zero-order valence-corrected chi connectivity index (χ0v) is 7.12. The molecule has 0 aromatic carbocycles. The summed E-state index contributed by atoms with van der Waals surface area (Å²) in [5.74, 6) is 1.91. The van der Waals surface area contributed by atoms with E-state index in [-0.39, 0.29) is 0 Å². The fourth-order valence-corrected chi connectivity index (χ4v) is 2.58. The highest BCUT2D eigenvalue weighted by Gasteiger charge is 2.55. The summed E-state index contributed by atoms with van der Waals surface area (Å²) in [4.78, 5) is 0. The molecule has 64 valence electrons. The minimum atomic E-state index is 0.585. The zero-order chi connectivity index (χ0) is 9.00. The minimum Gasteiger partial charge on any atom is -0.281 e. The molecule has 2 aliphatic rings. The molecule has 2 aliphatic carbocycles. The van der Waals surface area contributed by atoms with Crippen molar-refractivity contribution in [2.75, 3.05) is 0 Å². The second-order valence-electron chi connectivity index (χ2n) is 3.78. The highest BCUT2D eigenvalue weighted by atomic mass is 15.1. The molecule has 1 N–H and O–H groups in total. The van der Waals surface area contributed by atoms with Gasteiger partial charge >= 0.3 is 0 Å². The lowest BCUT2D eigenvalue weighted by atomic mass is 10.1. The van der Waals surface area contributed by atoms with E-state index in [9.17, 15) is 0 Å². The van der Waals surface area contributed by atoms with E-state index in [4.69, 9.17) is 5.26 Å². The predicted octanol–water partition coefficient (Wildman–Crippen LogP) is 1.35. The van der Waals surface area contributed by atoms with Crippen molar-refractivity contribution in [3.05, 3.63) is 29.6 Å². The lowest BCUT2D eigenvalue weighted by molar-refractivity contribution is 0.796. The van der Waals surface area contributed by atoms with Gasteiger partial charge in [0.15, 0.2) is 5.69 Å². The zero-order valence-electron chi connectivity index (χ0n) is 7.12. The van der Waals surface area contributed by atoms with Crippen LogP contribution in [-0.4, -0.2) is 10.2 Å². The van der Waals surface area contributed by atoms with Crippen molar-refractivity contribution >= 4 is 0 Å². The average molecular weight is 171 g/mol. The van der Waals surface area contributed by atoms with Crippen LogP contribution < -0.4 is 0 Å². The molecule has 0 bridgehead atoms. The standard InChI is InChI=1S/C10H9N3/c1-2-5-6-3-7-8(4-11)12-13-10(7)9(5)6/h2,5-6,9H,1,3H2,(H,12,13)/t5-,6-,9+/m0/s1. The fraction of sp³-hybridized carbons (Fsp3) is 0.400.